The summed E-state index contributed by atoms with van der Waals surface area (Å²) >= 11 is 12.5. The van der Waals surface area contributed by atoms with E-state index in [1.165, 1.54) is 0 Å². The molecule has 0 bridgehead atoms. The largest absolute Gasteiger partial charge is 0.308 e. The summed E-state index contributed by atoms with van der Waals surface area (Å²) in [5.41, 5.74) is 1.58. The van der Waals surface area contributed by atoms with Gasteiger partial charge in [-0.2, -0.15) is 0 Å². The number of amides is 1. The molecule has 1 amide bonds. The summed E-state index contributed by atoms with van der Waals surface area (Å²) in [5, 5.41) is 4.31. The Morgan fingerprint density at radius 1 is 1.42 bits per heavy atom. The lowest BCUT2D eigenvalue weighted by Crippen LogP contribution is -2.51. The second-order valence-corrected chi connectivity index (χ2v) is 5.55. The lowest BCUT2D eigenvalue weighted by molar-refractivity contribution is -0.121. The maximum atomic E-state index is 12.5. The molecule has 0 aliphatic carbocycles. The minimum absolute atomic E-state index is 0.0579. The minimum Gasteiger partial charge on any atom is -0.308 e. The van der Waals surface area contributed by atoms with Gasteiger partial charge in [-0.1, -0.05) is 36.2 Å². The maximum absolute atomic E-state index is 12.5. The van der Waals surface area contributed by atoms with Crippen LogP contribution in [-0.4, -0.2) is 25.0 Å². The van der Waals surface area contributed by atoms with Crippen LogP contribution in [0.4, 0.5) is 5.69 Å². The van der Waals surface area contributed by atoms with E-state index in [1.54, 1.807) is 11.0 Å². The molecule has 0 spiro atoms. The highest BCUT2D eigenvalue weighted by molar-refractivity contribution is 6.40. The molecule has 1 aromatic carbocycles. The normalized spacial score (nSPS) is 19.9. The summed E-state index contributed by atoms with van der Waals surface area (Å²) in [7, 11) is 0. The minimum atomic E-state index is -0.133. The number of carbonyl (C=O) groups is 1. The van der Waals surface area contributed by atoms with Crippen molar-refractivity contribution in [1.82, 2.24) is 5.32 Å². The Kier molecular flexibility index (Phi) is 4.71. The summed E-state index contributed by atoms with van der Waals surface area (Å²) in [6.07, 6.45) is 1.81. The second kappa shape index (κ2) is 6.12. The Morgan fingerprint density at radius 2 is 2.16 bits per heavy atom. The summed E-state index contributed by atoms with van der Waals surface area (Å²) in [5.74, 6) is 0.0579. The first-order chi connectivity index (χ1) is 9.06. The fraction of sp³-hybridized carbons (Fsp3) is 0.500. The average Bonchev–Trinajstić information content (AvgIpc) is 2.39. The van der Waals surface area contributed by atoms with Crippen molar-refractivity contribution in [1.29, 1.82) is 0 Å². The van der Waals surface area contributed by atoms with Gasteiger partial charge in [-0.15, -0.1) is 0 Å². The van der Waals surface area contributed by atoms with Gasteiger partial charge in [0.05, 0.1) is 21.8 Å². The van der Waals surface area contributed by atoms with Gasteiger partial charge in [0.15, 0.2) is 0 Å². The van der Waals surface area contributed by atoms with Crippen molar-refractivity contribution < 1.29 is 4.79 Å². The number of rotatable bonds is 3. The molecular weight excluding hydrogens is 283 g/mol. The fourth-order valence-corrected chi connectivity index (χ4v) is 3.00. The predicted molar refractivity (Wildman–Crippen MR) is 80.3 cm³/mol. The molecule has 1 aliphatic heterocycles. The molecule has 5 heteroatoms. The van der Waals surface area contributed by atoms with Crippen LogP contribution in [0.1, 0.15) is 25.3 Å². The number of anilines is 1. The van der Waals surface area contributed by atoms with Crippen molar-refractivity contribution in [3.05, 3.63) is 27.7 Å². The van der Waals surface area contributed by atoms with Gasteiger partial charge in [-0.05, 0) is 37.9 Å². The van der Waals surface area contributed by atoms with E-state index in [0.29, 0.717) is 22.3 Å². The Bertz CT molecular complexity index is 489. The number of nitrogens with zero attached hydrogens (tertiary/aromatic N) is 1. The third-order valence-electron chi connectivity index (χ3n) is 3.42. The van der Waals surface area contributed by atoms with Crippen LogP contribution in [0.2, 0.25) is 10.0 Å². The lowest BCUT2D eigenvalue weighted by atomic mass is 10.0. The number of benzene rings is 1. The van der Waals surface area contributed by atoms with Crippen LogP contribution in [0, 0.1) is 6.92 Å². The van der Waals surface area contributed by atoms with Crippen LogP contribution in [-0.2, 0) is 4.79 Å². The number of carbonyl (C=O) groups excluding carboxylic acids is 1. The lowest BCUT2D eigenvalue weighted by Gasteiger charge is -2.33. The van der Waals surface area contributed by atoms with E-state index in [4.69, 9.17) is 23.2 Å². The van der Waals surface area contributed by atoms with Gasteiger partial charge in [-0.3, -0.25) is 4.79 Å². The molecule has 0 radical (unpaired) electrons. The summed E-state index contributed by atoms with van der Waals surface area (Å²) in [4.78, 5) is 14.2. The molecule has 1 unspecified atom stereocenters. The molecule has 1 heterocycles. The highest BCUT2D eigenvalue weighted by atomic mass is 35.5. The van der Waals surface area contributed by atoms with Crippen molar-refractivity contribution >= 4 is 34.8 Å². The van der Waals surface area contributed by atoms with Gasteiger partial charge in [0.25, 0.3) is 0 Å². The molecule has 1 atom stereocenters. The van der Waals surface area contributed by atoms with E-state index >= 15 is 0 Å². The number of aryl methyl sites for hydroxylation is 1. The molecule has 1 N–H and O–H groups in total. The van der Waals surface area contributed by atoms with Gasteiger partial charge in [0.2, 0.25) is 5.91 Å². The molecule has 1 saturated heterocycles. The van der Waals surface area contributed by atoms with Gasteiger partial charge in [0.1, 0.15) is 0 Å². The first-order valence-corrected chi connectivity index (χ1v) is 7.31. The smallest absolute Gasteiger partial charge is 0.244 e. The van der Waals surface area contributed by atoms with Crippen molar-refractivity contribution in [3.8, 4) is 0 Å². The zero-order valence-electron chi connectivity index (χ0n) is 11.2. The van der Waals surface area contributed by atoms with Crippen LogP contribution < -0.4 is 10.2 Å². The fourth-order valence-electron chi connectivity index (χ4n) is 2.42. The molecule has 0 saturated carbocycles. The Balaban J connectivity index is 2.36. The number of hydrogen-bond donors (Lipinski definition) is 1. The topological polar surface area (TPSA) is 32.3 Å². The standard InChI is InChI=1S/C14H18Cl2N2O/c1-3-17-11-5-4-8-18(14(11)19)13-10(15)7-6-9(2)12(13)16/h6-7,11,17H,3-5,8H2,1-2H3. The second-order valence-electron chi connectivity index (χ2n) is 4.77. The van der Waals surface area contributed by atoms with E-state index < -0.39 is 0 Å². The Hall–Kier alpha value is -0.770. The van der Waals surface area contributed by atoms with Crippen molar-refractivity contribution in [2.75, 3.05) is 18.0 Å². The average molecular weight is 301 g/mol. The molecule has 1 fully saturated rings. The zero-order valence-corrected chi connectivity index (χ0v) is 12.7. The van der Waals surface area contributed by atoms with E-state index in [9.17, 15) is 4.79 Å². The van der Waals surface area contributed by atoms with Gasteiger partial charge < -0.3 is 10.2 Å². The first kappa shape index (κ1) is 14.6. The van der Waals surface area contributed by atoms with Crippen LogP contribution >= 0.6 is 23.2 Å². The van der Waals surface area contributed by atoms with Crippen LogP contribution in [0.3, 0.4) is 0 Å². The maximum Gasteiger partial charge on any atom is 0.244 e. The number of piperidine rings is 1. The highest BCUT2D eigenvalue weighted by Gasteiger charge is 2.31. The highest BCUT2D eigenvalue weighted by Crippen LogP contribution is 2.37. The van der Waals surface area contributed by atoms with Crippen LogP contribution in [0.25, 0.3) is 0 Å². The third kappa shape index (κ3) is 2.88. The van der Waals surface area contributed by atoms with E-state index in [1.807, 2.05) is 19.9 Å². The quantitative estimate of drug-likeness (QED) is 0.928. The number of halogens is 2. The monoisotopic (exact) mass is 300 g/mol. The molecule has 3 nitrogen and oxygen atoms in total. The van der Waals surface area contributed by atoms with E-state index in [-0.39, 0.29) is 11.9 Å². The van der Waals surface area contributed by atoms with Crippen molar-refractivity contribution in [2.45, 2.75) is 32.7 Å². The molecule has 1 aliphatic rings. The number of hydrogen-bond acceptors (Lipinski definition) is 2. The van der Waals surface area contributed by atoms with Gasteiger partial charge in [-0.25, -0.2) is 0 Å². The number of likely N-dealkylation sites (N-methyl/N-ethyl adjacent to an activating group) is 1. The molecule has 19 heavy (non-hydrogen) atoms. The van der Waals surface area contributed by atoms with Crippen molar-refractivity contribution in [2.24, 2.45) is 0 Å². The van der Waals surface area contributed by atoms with E-state index in [2.05, 4.69) is 5.32 Å². The van der Waals surface area contributed by atoms with Crippen molar-refractivity contribution in [3.63, 3.8) is 0 Å². The third-order valence-corrected chi connectivity index (χ3v) is 4.20. The Morgan fingerprint density at radius 3 is 2.84 bits per heavy atom. The summed E-state index contributed by atoms with van der Waals surface area (Å²) in [6, 6.07) is 3.53. The predicted octanol–water partition coefficient (Wildman–Crippen LogP) is 3.41. The van der Waals surface area contributed by atoms with Gasteiger partial charge >= 0.3 is 0 Å². The SMILES string of the molecule is CCNC1CCCN(c2c(Cl)ccc(C)c2Cl)C1=O. The number of nitrogens with one attached hydrogen (secondary N) is 1. The molecule has 1 aromatic rings. The zero-order chi connectivity index (χ0) is 14.0. The summed E-state index contributed by atoms with van der Waals surface area (Å²) in [6.45, 7) is 5.36. The molecular formula is C14H18Cl2N2O. The van der Waals surface area contributed by atoms with Crippen LogP contribution in [0.15, 0.2) is 12.1 Å². The first-order valence-electron chi connectivity index (χ1n) is 6.55. The summed E-state index contributed by atoms with van der Waals surface area (Å²) < 4.78 is 0. The molecule has 104 valence electrons. The van der Waals surface area contributed by atoms with Gasteiger partial charge in [0, 0.05) is 6.54 Å². The Labute approximate surface area is 123 Å². The van der Waals surface area contributed by atoms with E-state index in [0.717, 1.165) is 24.9 Å². The molecule has 0 aromatic heterocycles. The molecule has 2 rings (SSSR count). The van der Waals surface area contributed by atoms with Crippen LogP contribution in [0.5, 0.6) is 0 Å².